The minimum absolute atomic E-state index is 0.0383. The normalized spacial score (nSPS) is 23.1. The molecule has 0 bridgehead atoms. The van der Waals surface area contributed by atoms with Crippen LogP contribution in [0.25, 0.3) is 11.6 Å². The van der Waals surface area contributed by atoms with Crippen LogP contribution in [0.15, 0.2) is 57.3 Å². The van der Waals surface area contributed by atoms with E-state index >= 15 is 0 Å². The summed E-state index contributed by atoms with van der Waals surface area (Å²) in [6, 6.07) is 0. The summed E-state index contributed by atoms with van der Waals surface area (Å²) < 4.78 is 28.8. The minimum atomic E-state index is -0.539. The summed E-state index contributed by atoms with van der Waals surface area (Å²) in [4.78, 5) is 9.19. The molecule has 0 aromatic carbocycles. The Morgan fingerprint density at radius 1 is 1.22 bits per heavy atom. The van der Waals surface area contributed by atoms with Gasteiger partial charge in [-0.1, -0.05) is 42.9 Å². The van der Waals surface area contributed by atoms with Crippen molar-refractivity contribution in [2.75, 3.05) is 14.2 Å². The molecule has 2 aromatic rings. The number of allylic oxidation sites excluding steroid dienone is 6. The Morgan fingerprint density at radius 2 is 2.06 bits per heavy atom. The fraction of sp³-hybridized carbons (Fsp3) is 0.586. The Kier molecular flexibility index (Phi) is 10.7. The Balaban J connectivity index is 1.51. The first-order chi connectivity index (χ1) is 17.4. The predicted octanol–water partition coefficient (Wildman–Crippen LogP) is 7.38. The van der Waals surface area contributed by atoms with Gasteiger partial charge in [-0.2, -0.15) is 0 Å². The van der Waals surface area contributed by atoms with Crippen molar-refractivity contribution in [3.63, 3.8) is 0 Å². The smallest absolute Gasteiger partial charge is 0.248 e. The summed E-state index contributed by atoms with van der Waals surface area (Å²) in [5.41, 5.74) is 2.68. The molecule has 36 heavy (non-hydrogen) atoms. The van der Waals surface area contributed by atoms with E-state index in [4.69, 9.17) is 23.0 Å². The summed E-state index contributed by atoms with van der Waals surface area (Å²) >= 11 is 0. The molecule has 0 radical (unpaired) electrons. The molecule has 0 aliphatic carbocycles. The van der Waals surface area contributed by atoms with Gasteiger partial charge in [0.05, 0.1) is 6.10 Å². The molecule has 1 aliphatic rings. The lowest BCUT2D eigenvalue weighted by Crippen LogP contribution is -2.40. The molecular weight excluding hydrogens is 456 g/mol. The summed E-state index contributed by atoms with van der Waals surface area (Å²) in [6.45, 7) is 8.40. The Labute approximate surface area is 215 Å². The van der Waals surface area contributed by atoms with Gasteiger partial charge in [0.2, 0.25) is 5.89 Å². The quantitative estimate of drug-likeness (QED) is 0.267. The van der Waals surface area contributed by atoms with E-state index in [0.29, 0.717) is 29.8 Å². The van der Waals surface area contributed by atoms with Gasteiger partial charge in [-0.05, 0) is 52.4 Å². The molecular formula is C29H42N2O5. The number of oxazole rings is 2. The highest BCUT2D eigenvalue weighted by Gasteiger charge is 2.34. The summed E-state index contributed by atoms with van der Waals surface area (Å²) in [6.07, 6.45) is 20.1. The molecule has 1 fully saturated rings. The second kappa shape index (κ2) is 13.7. The Hall–Kier alpha value is -2.48. The first kappa shape index (κ1) is 28.1. The number of ether oxygens (including phenoxy) is 3. The van der Waals surface area contributed by atoms with E-state index < -0.39 is 5.79 Å². The molecule has 0 spiro atoms. The third-order valence-electron chi connectivity index (χ3n) is 6.56. The fourth-order valence-corrected chi connectivity index (χ4v) is 4.56. The molecule has 0 saturated carbocycles. The first-order valence-electron chi connectivity index (χ1n) is 13.0. The summed E-state index contributed by atoms with van der Waals surface area (Å²) in [7, 11) is 3.37. The molecule has 198 valence electrons. The third-order valence-corrected chi connectivity index (χ3v) is 6.56. The van der Waals surface area contributed by atoms with Crippen LogP contribution in [-0.2, 0) is 20.6 Å². The molecule has 7 heteroatoms. The lowest BCUT2D eigenvalue weighted by Gasteiger charge is -2.38. The SMILES string of the molecule is CC=C[C@H](C)C=C(C)CC=CCCc1nc(-c2nc([C@@H](C[C@@H]3CCC[C@@](C)(OC)O3)OC)co2)co1. The van der Waals surface area contributed by atoms with E-state index in [9.17, 15) is 0 Å². The first-order valence-corrected chi connectivity index (χ1v) is 13.0. The Morgan fingerprint density at radius 3 is 2.81 bits per heavy atom. The predicted molar refractivity (Wildman–Crippen MR) is 140 cm³/mol. The van der Waals surface area contributed by atoms with Gasteiger partial charge in [0.1, 0.15) is 24.3 Å². The molecule has 3 heterocycles. The average Bonchev–Trinajstić information content (AvgIpc) is 3.52. The Bertz CT molecular complexity index is 1020. The maximum Gasteiger partial charge on any atom is 0.248 e. The highest BCUT2D eigenvalue weighted by molar-refractivity contribution is 5.44. The van der Waals surface area contributed by atoms with Gasteiger partial charge in [0, 0.05) is 33.5 Å². The van der Waals surface area contributed by atoms with Crippen LogP contribution in [0.3, 0.4) is 0 Å². The number of hydrogen-bond donors (Lipinski definition) is 0. The number of methoxy groups -OCH3 is 2. The zero-order valence-corrected chi connectivity index (χ0v) is 22.7. The van der Waals surface area contributed by atoms with Crippen LogP contribution in [0.5, 0.6) is 0 Å². The highest BCUT2D eigenvalue weighted by Crippen LogP contribution is 2.34. The van der Waals surface area contributed by atoms with Crippen molar-refractivity contribution in [1.29, 1.82) is 0 Å². The van der Waals surface area contributed by atoms with Gasteiger partial charge in [-0.3, -0.25) is 0 Å². The number of aryl methyl sites for hydroxylation is 1. The zero-order valence-electron chi connectivity index (χ0n) is 22.7. The van der Waals surface area contributed by atoms with E-state index in [1.165, 1.54) is 5.57 Å². The van der Waals surface area contributed by atoms with Crippen molar-refractivity contribution in [3.8, 4) is 11.6 Å². The van der Waals surface area contributed by atoms with E-state index in [2.05, 4.69) is 61.1 Å². The maximum atomic E-state index is 6.17. The van der Waals surface area contributed by atoms with Gasteiger partial charge < -0.3 is 23.0 Å². The molecule has 4 atom stereocenters. The van der Waals surface area contributed by atoms with Crippen LogP contribution in [0.1, 0.15) is 83.9 Å². The molecule has 1 aliphatic heterocycles. The molecule has 3 rings (SSSR count). The minimum Gasteiger partial charge on any atom is -0.448 e. The summed E-state index contributed by atoms with van der Waals surface area (Å²) in [5, 5.41) is 0. The average molecular weight is 499 g/mol. The second-order valence-electron chi connectivity index (χ2n) is 9.75. The maximum absolute atomic E-state index is 6.17. The van der Waals surface area contributed by atoms with Gasteiger partial charge in [-0.15, -0.1) is 0 Å². The van der Waals surface area contributed by atoms with Crippen LogP contribution < -0.4 is 0 Å². The van der Waals surface area contributed by atoms with Crippen molar-refractivity contribution >= 4 is 0 Å². The summed E-state index contributed by atoms with van der Waals surface area (Å²) in [5.74, 6) is 1.03. The van der Waals surface area contributed by atoms with Crippen molar-refractivity contribution < 1.29 is 23.0 Å². The van der Waals surface area contributed by atoms with Crippen LogP contribution >= 0.6 is 0 Å². The van der Waals surface area contributed by atoms with Gasteiger partial charge in [-0.25, -0.2) is 9.97 Å². The number of rotatable bonds is 13. The number of hydrogen-bond acceptors (Lipinski definition) is 7. The van der Waals surface area contributed by atoms with E-state index in [0.717, 1.165) is 44.2 Å². The third kappa shape index (κ3) is 8.29. The monoisotopic (exact) mass is 498 g/mol. The zero-order chi connectivity index (χ0) is 26.0. The van der Waals surface area contributed by atoms with Crippen LogP contribution in [0.2, 0.25) is 0 Å². The number of aromatic nitrogens is 2. The van der Waals surface area contributed by atoms with Crippen LogP contribution in [0, 0.1) is 5.92 Å². The van der Waals surface area contributed by atoms with Crippen molar-refractivity contribution in [2.45, 2.75) is 90.6 Å². The molecule has 0 unspecified atom stereocenters. The molecule has 2 aromatic heterocycles. The van der Waals surface area contributed by atoms with Gasteiger partial charge in [0.15, 0.2) is 17.4 Å². The standard InChI is InChI=1S/C29H42N2O5/c1-7-12-21(2)17-22(3)13-9-8-10-15-27-30-25(20-34-27)28-31-24(19-35-28)26(32-5)18-23-14-11-16-29(4,33-6)36-23/h7-9,12,17,19-21,23,26H,10-11,13-16,18H2,1-6H3/t21-,23-,26+,29-/m0/s1. The molecule has 0 amide bonds. The van der Waals surface area contributed by atoms with Crippen molar-refractivity contribution in [1.82, 2.24) is 9.97 Å². The molecule has 1 saturated heterocycles. The number of nitrogens with zero attached hydrogens (tertiary/aromatic N) is 2. The van der Waals surface area contributed by atoms with E-state index in [1.807, 2.05) is 6.92 Å². The largest absolute Gasteiger partial charge is 0.448 e. The lowest BCUT2D eigenvalue weighted by atomic mass is 9.97. The van der Waals surface area contributed by atoms with E-state index in [-0.39, 0.29) is 12.2 Å². The molecule has 7 nitrogen and oxygen atoms in total. The second-order valence-corrected chi connectivity index (χ2v) is 9.75. The van der Waals surface area contributed by atoms with Crippen molar-refractivity contribution in [3.05, 3.63) is 60.1 Å². The van der Waals surface area contributed by atoms with Crippen LogP contribution in [0.4, 0.5) is 0 Å². The van der Waals surface area contributed by atoms with Gasteiger partial charge >= 0.3 is 0 Å². The van der Waals surface area contributed by atoms with Gasteiger partial charge in [0.25, 0.3) is 0 Å². The fourth-order valence-electron chi connectivity index (χ4n) is 4.56. The highest BCUT2D eigenvalue weighted by atomic mass is 16.7. The van der Waals surface area contributed by atoms with E-state index in [1.54, 1.807) is 26.7 Å². The topological polar surface area (TPSA) is 79.8 Å². The van der Waals surface area contributed by atoms with Crippen molar-refractivity contribution in [2.24, 2.45) is 5.92 Å². The van der Waals surface area contributed by atoms with Crippen LogP contribution in [-0.4, -0.2) is 36.1 Å². The molecule has 0 N–H and O–H groups in total. The lowest BCUT2D eigenvalue weighted by molar-refractivity contribution is -0.261.